The molecule has 0 aromatic rings. The van der Waals surface area contributed by atoms with Gasteiger partial charge in [0.25, 0.3) is 0 Å². The second-order valence-corrected chi connectivity index (χ2v) is 9.37. The van der Waals surface area contributed by atoms with Gasteiger partial charge in [0.2, 0.25) is 0 Å². The van der Waals surface area contributed by atoms with E-state index in [0.717, 1.165) is 27.7 Å². The van der Waals surface area contributed by atoms with Crippen LogP contribution in [0.5, 0.6) is 0 Å². The fourth-order valence-electron chi connectivity index (χ4n) is 3.29. The molecule has 0 heterocycles. The highest BCUT2D eigenvalue weighted by atomic mass is 79.9. The average Bonchev–Trinajstić information content (AvgIpc) is 2.45. The van der Waals surface area contributed by atoms with Crippen LogP contribution < -0.4 is 0 Å². The molecule has 1 rings (SSSR count). The molecule has 0 amide bonds. The highest BCUT2D eigenvalue weighted by Gasteiger charge is 2.35. The van der Waals surface area contributed by atoms with Gasteiger partial charge in [-0.05, 0) is 24.7 Å². The molecule has 0 saturated heterocycles. The standard InChI is InChI=1S/C13H25.BrH.Mg/c1-10(2)7-12-5-6-13(9-12)8-11(3)4;;/h9-13H,5-8H2,1-4H3;1H;/q;;+1/p-1. The highest BCUT2D eigenvalue weighted by molar-refractivity contribution is 9.23. The van der Waals surface area contributed by atoms with Crippen LogP contribution in [0.4, 0.5) is 0 Å². The van der Waals surface area contributed by atoms with Gasteiger partial charge in [-0.1, -0.05) is 52.4 Å². The van der Waals surface area contributed by atoms with Crippen molar-refractivity contribution in [1.82, 2.24) is 0 Å². The van der Waals surface area contributed by atoms with Crippen molar-refractivity contribution in [2.24, 2.45) is 23.7 Å². The third-order valence-corrected chi connectivity index (χ3v) is 7.78. The molecule has 1 aliphatic rings. The van der Waals surface area contributed by atoms with Gasteiger partial charge in [0, 0.05) is 0 Å². The summed E-state index contributed by atoms with van der Waals surface area (Å²) in [7, 11) is 0. The first-order chi connectivity index (χ1) is 7.04. The molecular weight excluding hydrogens is 260 g/mol. The molecule has 0 spiro atoms. The SMILES string of the molecule is CC(C)CC1CCC(CC(C)C)[CH]1[Mg][Br]. The van der Waals surface area contributed by atoms with Gasteiger partial charge in [0.05, 0.1) is 0 Å². The lowest BCUT2D eigenvalue weighted by Crippen LogP contribution is -2.15. The van der Waals surface area contributed by atoms with Gasteiger partial charge in [-0.25, -0.2) is 0 Å². The molecule has 0 nitrogen and oxygen atoms in total. The van der Waals surface area contributed by atoms with Gasteiger partial charge in [-0.2, -0.15) is 0 Å². The lowest BCUT2D eigenvalue weighted by atomic mass is 9.91. The van der Waals surface area contributed by atoms with Crippen LogP contribution in [0.2, 0.25) is 4.05 Å². The van der Waals surface area contributed by atoms with E-state index in [4.69, 9.17) is 0 Å². The predicted octanol–water partition coefficient (Wildman–Crippen LogP) is 4.91. The summed E-state index contributed by atoms with van der Waals surface area (Å²) in [4.78, 5) is 0. The molecule has 2 unspecified atom stereocenters. The Kier molecular flexibility index (Phi) is 6.54. The molecule has 1 aliphatic carbocycles. The maximum absolute atomic E-state index is 3.88. The van der Waals surface area contributed by atoms with Crippen molar-refractivity contribution in [2.45, 2.75) is 57.4 Å². The summed E-state index contributed by atoms with van der Waals surface area (Å²) >= 11 is 3.90. The van der Waals surface area contributed by atoms with Crippen molar-refractivity contribution in [3.8, 4) is 0 Å². The summed E-state index contributed by atoms with van der Waals surface area (Å²) in [6.45, 7) is 9.51. The van der Waals surface area contributed by atoms with Gasteiger partial charge < -0.3 is 12.9 Å². The molecule has 0 aromatic carbocycles. The van der Waals surface area contributed by atoms with Crippen LogP contribution >= 0.6 is 12.9 Å². The number of rotatable bonds is 5. The van der Waals surface area contributed by atoms with E-state index >= 15 is 0 Å². The molecular formula is C13H25BrMg. The van der Waals surface area contributed by atoms with E-state index in [-0.39, 0.29) is 18.2 Å². The Hall–Kier alpha value is 1.25. The van der Waals surface area contributed by atoms with Crippen LogP contribution in [0.25, 0.3) is 0 Å². The number of halogens is 1. The molecule has 0 N–H and O–H groups in total. The van der Waals surface area contributed by atoms with Gasteiger partial charge in [0.1, 0.15) is 0 Å². The molecule has 0 bridgehead atoms. The van der Waals surface area contributed by atoms with E-state index in [0.29, 0.717) is 0 Å². The smallest absolute Gasteiger partial charge is 0.306 e. The van der Waals surface area contributed by atoms with Crippen molar-refractivity contribution in [2.75, 3.05) is 0 Å². The van der Waals surface area contributed by atoms with Gasteiger partial charge in [0.15, 0.2) is 0 Å². The Morgan fingerprint density at radius 1 is 1.00 bits per heavy atom. The Labute approximate surface area is 112 Å². The largest absolute Gasteiger partial charge is 0.472 e. The van der Waals surface area contributed by atoms with E-state index in [9.17, 15) is 0 Å². The molecule has 2 atom stereocenters. The van der Waals surface area contributed by atoms with Crippen molar-refractivity contribution < 1.29 is 0 Å². The lowest BCUT2D eigenvalue weighted by Gasteiger charge is -2.25. The Bertz CT molecular complexity index is 161. The molecule has 15 heavy (non-hydrogen) atoms. The molecule has 0 aliphatic heterocycles. The Morgan fingerprint density at radius 2 is 1.40 bits per heavy atom. The van der Waals surface area contributed by atoms with Gasteiger partial charge in [-0.3, -0.25) is 0 Å². The topological polar surface area (TPSA) is 0 Å². The normalized spacial score (nSPS) is 31.3. The zero-order chi connectivity index (χ0) is 11.4. The van der Waals surface area contributed by atoms with E-state index in [1.165, 1.54) is 25.7 Å². The summed E-state index contributed by atoms with van der Waals surface area (Å²) in [5.41, 5.74) is 0. The van der Waals surface area contributed by atoms with Crippen LogP contribution in [0.3, 0.4) is 0 Å². The third kappa shape index (κ3) is 4.55. The number of hydrogen-bond acceptors (Lipinski definition) is 0. The molecule has 86 valence electrons. The number of hydrogen-bond donors (Lipinski definition) is 0. The van der Waals surface area contributed by atoms with Crippen LogP contribution in [-0.4, -0.2) is 18.2 Å². The highest BCUT2D eigenvalue weighted by Crippen LogP contribution is 2.47. The fourth-order valence-corrected chi connectivity index (χ4v) is 7.82. The van der Waals surface area contributed by atoms with Crippen molar-refractivity contribution in [1.29, 1.82) is 0 Å². The third-order valence-electron chi connectivity index (χ3n) is 3.85. The van der Waals surface area contributed by atoms with Crippen LogP contribution in [0.1, 0.15) is 53.4 Å². The maximum Gasteiger partial charge on any atom is 0.472 e. The van der Waals surface area contributed by atoms with Crippen LogP contribution in [-0.2, 0) is 0 Å². The first-order valence-electron chi connectivity index (χ1n) is 6.60. The summed E-state index contributed by atoms with van der Waals surface area (Å²) < 4.78 is 1.09. The fraction of sp³-hybridized carbons (Fsp3) is 1.00. The predicted molar refractivity (Wildman–Crippen MR) is 73.6 cm³/mol. The Morgan fingerprint density at radius 3 is 1.67 bits per heavy atom. The minimum atomic E-state index is 0.0221. The van der Waals surface area contributed by atoms with Crippen molar-refractivity contribution in [3.05, 3.63) is 0 Å². The molecule has 1 saturated carbocycles. The van der Waals surface area contributed by atoms with Crippen LogP contribution in [0, 0.1) is 23.7 Å². The first kappa shape index (κ1) is 14.3. The molecule has 0 radical (unpaired) electrons. The summed E-state index contributed by atoms with van der Waals surface area (Å²) in [5, 5.41) is 0. The van der Waals surface area contributed by atoms with E-state index < -0.39 is 0 Å². The summed E-state index contributed by atoms with van der Waals surface area (Å²) in [5.74, 6) is 3.89. The monoisotopic (exact) mass is 284 g/mol. The molecule has 0 aromatic heterocycles. The van der Waals surface area contributed by atoms with E-state index in [2.05, 4.69) is 40.6 Å². The van der Waals surface area contributed by atoms with Gasteiger partial charge in [-0.15, -0.1) is 4.05 Å². The van der Waals surface area contributed by atoms with Crippen molar-refractivity contribution in [3.63, 3.8) is 0 Å². The van der Waals surface area contributed by atoms with E-state index in [1.807, 2.05) is 0 Å². The van der Waals surface area contributed by atoms with Crippen molar-refractivity contribution >= 4 is 31.1 Å². The van der Waals surface area contributed by atoms with E-state index in [1.54, 1.807) is 0 Å². The quantitative estimate of drug-likeness (QED) is 0.630. The zero-order valence-electron chi connectivity index (χ0n) is 10.8. The Balaban J connectivity index is 2.49. The average molecular weight is 286 g/mol. The van der Waals surface area contributed by atoms with Gasteiger partial charge >= 0.3 is 18.2 Å². The molecule has 1 fully saturated rings. The second-order valence-electron chi connectivity index (χ2n) is 6.17. The second kappa shape index (κ2) is 6.85. The minimum Gasteiger partial charge on any atom is -0.306 e. The maximum atomic E-state index is 3.88. The first-order valence-corrected chi connectivity index (χ1v) is 11.3. The van der Waals surface area contributed by atoms with Crippen LogP contribution in [0.15, 0.2) is 0 Å². The molecule has 2 heteroatoms. The summed E-state index contributed by atoms with van der Waals surface area (Å²) in [6, 6.07) is 0. The summed E-state index contributed by atoms with van der Waals surface area (Å²) in [6.07, 6.45) is 5.97. The minimum absolute atomic E-state index is 0.0221. The lowest BCUT2D eigenvalue weighted by molar-refractivity contribution is 0.372. The zero-order valence-corrected chi connectivity index (χ0v) is 13.8.